The highest BCUT2D eigenvalue weighted by Crippen LogP contribution is 2.39. The first-order valence-corrected chi connectivity index (χ1v) is 7.76. The van der Waals surface area contributed by atoms with Crippen molar-refractivity contribution in [1.29, 1.82) is 0 Å². The number of fused-ring (bicyclic) bond motifs is 2. The van der Waals surface area contributed by atoms with Gasteiger partial charge < -0.3 is 10.1 Å². The lowest BCUT2D eigenvalue weighted by atomic mass is 10.1. The summed E-state index contributed by atoms with van der Waals surface area (Å²) in [5.74, 6) is 2.32. The fourth-order valence-electron chi connectivity index (χ4n) is 2.48. The number of para-hydroxylation sites is 2. The summed E-state index contributed by atoms with van der Waals surface area (Å²) in [4.78, 5) is 8.96. The Morgan fingerprint density at radius 3 is 2.81 bits per heavy atom. The number of aryl methyl sites for hydroxylation is 1. The van der Waals surface area contributed by atoms with Crippen molar-refractivity contribution in [3.05, 3.63) is 36.3 Å². The second-order valence-electron chi connectivity index (χ2n) is 5.39. The first-order chi connectivity index (χ1) is 10.4. The van der Waals surface area contributed by atoms with Crippen LogP contribution in [0.3, 0.4) is 0 Å². The SMILES string of the molecule is CCCCCCCc1ncc2c(n1)Oc1ccccc1N2. The highest BCUT2D eigenvalue weighted by Gasteiger charge is 2.17. The van der Waals surface area contributed by atoms with Gasteiger partial charge in [-0.1, -0.05) is 44.7 Å². The van der Waals surface area contributed by atoms with Gasteiger partial charge in [0.05, 0.1) is 11.9 Å². The molecule has 0 saturated heterocycles. The molecule has 110 valence electrons. The minimum Gasteiger partial charge on any atom is -0.435 e. The van der Waals surface area contributed by atoms with Crippen molar-refractivity contribution in [2.75, 3.05) is 5.32 Å². The molecule has 4 nitrogen and oxygen atoms in total. The average molecular weight is 283 g/mol. The molecule has 1 aromatic carbocycles. The van der Waals surface area contributed by atoms with Crippen LogP contribution < -0.4 is 10.1 Å². The van der Waals surface area contributed by atoms with Crippen LogP contribution in [0.1, 0.15) is 44.9 Å². The molecule has 0 fully saturated rings. The molecule has 0 unspecified atom stereocenters. The maximum Gasteiger partial charge on any atom is 0.246 e. The van der Waals surface area contributed by atoms with Gasteiger partial charge in [0.15, 0.2) is 5.75 Å². The second kappa shape index (κ2) is 6.57. The number of nitrogens with zero attached hydrogens (tertiary/aromatic N) is 2. The van der Waals surface area contributed by atoms with Gasteiger partial charge in [-0.05, 0) is 18.6 Å². The van der Waals surface area contributed by atoms with Crippen LogP contribution in [-0.2, 0) is 6.42 Å². The third-order valence-corrected chi connectivity index (χ3v) is 3.67. The Hall–Kier alpha value is -2.10. The second-order valence-corrected chi connectivity index (χ2v) is 5.39. The molecule has 2 heterocycles. The molecule has 2 aromatic rings. The zero-order valence-electron chi connectivity index (χ0n) is 12.4. The van der Waals surface area contributed by atoms with E-state index in [4.69, 9.17) is 4.74 Å². The minimum atomic E-state index is 0.632. The van der Waals surface area contributed by atoms with E-state index in [-0.39, 0.29) is 0 Å². The normalized spacial score (nSPS) is 12.0. The van der Waals surface area contributed by atoms with Gasteiger partial charge in [-0.2, -0.15) is 4.98 Å². The molecule has 21 heavy (non-hydrogen) atoms. The highest BCUT2D eigenvalue weighted by molar-refractivity contribution is 5.73. The van der Waals surface area contributed by atoms with E-state index >= 15 is 0 Å². The van der Waals surface area contributed by atoms with Crippen molar-refractivity contribution in [3.63, 3.8) is 0 Å². The molecule has 0 aliphatic carbocycles. The molecule has 0 radical (unpaired) electrons. The monoisotopic (exact) mass is 283 g/mol. The Bertz CT molecular complexity index is 613. The Morgan fingerprint density at radius 2 is 1.90 bits per heavy atom. The van der Waals surface area contributed by atoms with E-state index < -0.39 is 0 Å². The number of aromatic nitrogens is 2. The van der Waals surface area contributed by atoms with Crippen molar-refractivity contribution in [1.82, 2.24) is 9.97 Å². The van der Waals surface area contributed by atoms with Crippen LogP contribution in [-0.4, -0.2) is 9.97 Å². The molecular formula is C17H21N3O. The quantitative estimate of drug-likeness (QED) is 0.658. The van der Waals surface area contributed by atoms with Crippen LogP contribution >= 0.6 is 0 Å². The van der Waals surface area contributed by atoms with Crippen molar-refractivity contribution in [2.45, 2.75) is 45.4 Å². The Kier molecular flexibility index (Phi) is 4.34. The molecule has 1 N–H and O–H groups in total. The third-order valence-electron chi connectivity index (χ3n) is 3.67. The molecular weight excluding hydrogens is 262 g/mol. The lowest BCUT2D eigenvalue weighted by Gasteiger charge is -2.20. The largest absolute Gasteiger partial charge is 0.435 e. The van der Waals surface area contributed by atoms with Crippen LogP contribution in [0.2, 0.25) is 0 Å². The lowest BCUT2D eigenvalue weighted by Crippen LogP contribution is -2.07. The van der Waals surface area contributed by atoms with Gasteiger partial charge in [-0.15, -0.1) is 0 Å². The number of rotatable bonds is 6. The van der Waals surface area contributed by atoms with Crippen LogP contribution in [0.4, 0.5) is 11.4 Å². The first-order valence-electron chi connectivity index (χ1n) is 7.76. The van der Waals surface area contributed by atoms with Crippen LogP contribution in [0, 0.1) is 0 Å². The van der Waals surface area contributed by atoms with E-state index in [9.17, 15) is 0 Å². The molecule has 4 heteroatoms. The van der Waals surface area contributed by atoms with E-state index in [0.717, 1.165) is 35.8 Å². The van der Waals surface area contributed by atoms with Gasteiger partial charge >= 0.3 is 0 Å². The van der Waals surface area contributed by atoms with Gasteiger partial charge in [0.2, 0.25) is 5.88 Å². The zero-order valence-corrected chi connectivity index (χ0v) is 12.4. The number of hydrogen-bond acceptors (Lipinski definition) is 4. The predicted molar refractivity (Wildman–Crippen MR) is 84.3 cm³/mol. The molecule has 1 aromatic heterocycles. The number of ether oxygens (including phenoxy) is 1. The summed E-state index contributed by atoms with van der Waals surface area (Å²) in [6, 6.07) is 7.87. The zero-order chi connectivity index (χ0) is 14.5. The topological polar surface area (TPSA) is 47.0 Å². The molecule has 1 aliphatic rings. The summed E-state index contributed by atoms with van der Waals surface area (Å²) in [6.45, 7) is 2.23. The Morgan fingerprint density at radius 1 is 1.05 bits per heavy atom. The molecule has 0 saturated carbocycles. The smallest absolute Gasteiger partial charge is 0.246 e. The molecule has 3 rings (SSSR count). The maximum atomic E-state index is 5.85. The summed E-state index contributed by atoms with van der Waals surface area (Å²) in [5.41, 5.74) is 1.80. The molecule has 0 spiro atoms. The standard InChI is InChI=1S/C17H21N3O/c1-2-3-4-5-6-11-16-18-12-14-17(20-16)21-15-10-8-7-9-13(15)19-14/h7-10,12,19H,2-6,11H2,1H3. The number of benzene rings is 1. The fraction of sp³-hybridized carbons (Fsp3) is 0.412. The first kappa shape index (κ1) is 13.9. The Labute approximate surface area is 125 Å². The van der Waals surface area contributed by atoms with Crippen LogP contribution in [0.15, 0.2) is 30.5 Å². The van der Waals surface area contributed by atoms with Gasteiger partial charge in [-0.3, -0.25) is 0 Å². The summed E-state index contributed by atoms with van der Waals surface area (Å²) in [5, 5.41) is 3.30. The van der Waals surface area contributed by atoms with Crippen molar-refractivity contribution in [3.8, 4) is 11.6 Å². The van der Waals surface area contributed by atoms with Gasteiger partial charge in [0.25, 0.3) is 0 Å². The van der Waals surface area contributed by atoms with Crippen molar-refractivity contribution in [2.24, 2.45) is 0 Å². The van der Waals surface area contributed by atoms with Gasteiger partial charge in [0, 0.05) is 6.42 Å². The number of unbranched alkanes of at least 4 members (excludes halogenated alkanes) is 4. The molecule has 0 amide bonds. The summed E-state index contributed by atoms with van der Waals surface area (Å²) in [6.07, 6.45) is 9.01. The maximum absolute atomic E-state index is 5.85. The molecule has 1 aliphatic heterocycles. The van der Waals surface area contributed by atoms with Gasteiger partial charge in [0.1, 0.15) is 11.5 Å². The molecule has 0 atom stereocenters. The van der Waals surface area contributed by atoms with E-state index in [1.54, 1.807) is 0 Å². The summed E-state index contributed by atoms with van der Waals surface area (Å²) >= 11 is 0. The molecule has 0 bridgehead atoms. The van der Waals surface area contributed by atoms with E-state index in [1.807, 2.05) is 30.5 Å². The van der Waals surface area contributed by atoms with Gasteiger partial charge in [-0.25, -0.2) is 4.98 Å². The number of nitrogens with one attached hydrogen (secondary N) is 1. The number of hydrogen-bond donors (Lipinski definition) is 1. The number of anilines is 2. The summed E-state index contributed by atoms with van der Waals surface area (Å²) < 4.78 is 5.85. The highest BCUT2D eigenvalue weighted by atomic mass is 16.5. The van der Waals surface area contributed by atoms with Crippen molar-refractivity contribution < 1.29 is 4.74 Å². The average Bonchev–Trinajstić information content (AvgIpc) is 2.52. The van der Waals surface area contributed by atoms with Crippen molar-refractivity contribution >= 4 is 11.4 Å². The van der Waals surface area contributed by atoms with E-state index in [0.29, 0.717) is 5.88 Å². The van der Waals surface area contributed by atoms with E-state index in [1.165, 1.54) is 25.7 Å². The summed E-state index contributed by atoms with van der Waals surface area (Å²) in [7, 11) is 0. The lowest BCUT2D eigenvalue weighted by molar-refractivity contribution is 0.456. The predicted octanol–water partition coefficient (Wildman–Crippen LogP) is 4.84. The van der Waals surface area contributed by atoms with Crippen LogP contribution in [0.5, 0.6) is 11.6 Å². The minimum absolute atomic E-state index is 0.632. The fourth-order valence-corrected chi connectivity index (χ4v) is 2.48. The Balaban J connectivity index is 1.63. The third kappa shape index (κ3) is 3.32. The van der Waals surface area contributed by atoms with Crippen LogP contribution in [0.25, 0.3) is 0 Å². The van der Waals surface area contributed by atoms with E-state index in [2.05, 4.69) is 22.2 Å².